The van der Waals surface area contributed by atoms with Gasteiger partial charge in [-0.2, -0.15) is 0 Å². The Bertz CT molecular complexity index is 381. The maximum absolute atomic E-state index is 11.7. The average Bonchev–Trinajstić information content (AvgIpc) is 2.26. The minimum Gasteiger partial charge on any atom is -0.466 e. The summed E-state index contributed by atoms with van der Waals surface area (Å²) < 4.78 is 30.4. The molecule has 0 heterocycles. The van der Waals surface area contributed by atoms with Crippen LogP contribution in [0.3, 0.4) is 0 Å². The highest BCUT2D eigenvalue weighted by atomic mass is 32.2. The molecule has 0 fully saturated rings. The van der Waals surface area contributed by atoms with Crippen molar-refractivity contribution >= 4 is 33.2 Å². The van der Waals surface area contributed by atoms with Crippen LogP contribution in [0.15, 0.2) is 0 Å². The Labute approximate surface area is 113 Å². The van der Waals surface area contributed by atoms with Crippen LogP contribution < -0.4 is 10.5 Å². The monoisotopic (exact) mass is 296 g/mol. The minimum absolute atomic E-state index is 0.108. The molecule has 0 rings (SSSR count). The van der Waals surface area contributed by atoms with E-state index < -0.39 is 22.0 Å². The lowest BCUT2D eigenvalue weighted by Gasteiger charge is -2.16. The summed E-state index contributed by atoms with van der Waals surface area (Å²) in [6.07, 6.45) is 1.11. The van der Waals surface area contributed by atoms with Gasteiger partial charge in [-0.15, -0.1) is 0 Å². The Morgan fingerprint density at radius 3 is 2.50 bits per heavy atom. The van der Waals surface area contributed by atoms with Crippen molar-refractivity contribution in [3.05, 3.63) is 0 Å². The number of sulfonamides is 1. The molecule has 0 aromatic heterocycles. The summed E-state index contributed by atoms with van der Waals surface area (Å²) in [4.78, 5) is 11.2. The molecule has 0 aliphatic heterocycles. The van der Waals surface area contributed by atoms with E-state index in [9.17, 15) is 13.2 Å². The van der Waals surface area contributed by atoms with Crippen LogP contribution in [-0.2, 0) is 19.6 Å². The first-order chi connectivity index (χ1) is 8.32. The molecule has 106 valence electrons. The van der Waals surface area contributed by atoms with E-state index in [1.54, 1.807) is 6.92 Å². The zero-order valence-electron chi connectivity index (χ0n) is 10.6. The van der Waals surface area contributed by atoms with E-state index in [1.807, 2.05) is 6.92 Å². The van der Waals surface area contributed by atoms with Crippen molar-refractivity contribution in [1.29, 1.82) is 0 Å². The molecule has 0 bridgehead atoms. The first kappa shape index (κ1) is 17.3. The van der Waals surface area contributed by atoms with Gasteiger partial charge in [-0.3, -0.25) is 4.79 Å². The lowest BCUT2D eigenvalue weighted by molar-refractivity contribution is -0.142. The lowest BCUT2D eigenvalue weighted by Crippen LogP contribution is -2.44. The molecule has 0 saturated heterocycles. The molecule has 0 aromatic rings. The highest BCUT2D eigenvalue weighted by Gasteiger charge is 2.20. The van der Waals surface area contributed by atoms with Gasteiger partial charge in [0.15, 0.2) is 0 Å². The quantitative estimate of drug-likeness (QED) is 0.469. The summed E-state index contributed by atoms with van der Waals surface area (Å²) >= 11 is 4.79. The Morgan fingerprint density at radius 1 is 1.44 bits per heavy atom. The predicted octanol–water partition coefficient (Wildman–Crippen LogP) is 0.314. The van der Waals surface area contributed by atoms with Crippen molar-refractivity contribution in [3.8, 4) is 0 Å². The first-order valence-corrected chi connectivity index (χ1v) is 7.83. The standard InChI is InChI=1S/C10H20N2O4S2/c1-3-5-8(10(11)17)12-18(14,15)7-6-9(13)16-4-2/h8,12H,3-7H2,1-2H3,(H2,11,17). The average molecular weight is 296 g/mol. The Morgan fingerprint density at radius 2 is 2.06 bits per heavy atom. The molecule has 0 aromatic carbocycles. The van der Waals surface area contributed by atoms with Crippen LogP contribution in [0.2, 0.25) is 0 Å². The Hall–Kier alpha value is -0.730. The molecule has 0 spiro atoms. The summed E-state index contributed by atoms with van der Waals surface area (Å²) in [6, 6.07) is -0.558. The van der Waals surface area contributed by atoms with Crippen molar-refractivity contribution < 1.29 is 17.9 Å². The van der Waals surface area contributed by atoms with Crippen LogP contribution in [0.1, 0.15) is 33.1 Å². The van der Waals surface area contributed by atoms with Gasteiger partial charge in [0.2, 0.25) is 10.0 Å². The van der Waals surface area contributed by atoms with E-state index >= 15 is 0 Å². The van der Waals surface area contributed by atoms with Crippen molar-refractivity contribution in [3.63, 3.8) is 0 Å². The van der Waals surface area contributed by atoms with Crippen LogP contribution in [-0.4, -0.2) is 37.8 Å². The zero-order chi connectivity index (χ0) is 14.2. The van der Waals surface area contributed by atoms with Crippen LogP contribution in [0, 0.1) is 0 Å². The highest BCUT2D eigenvalue weighted by Crippen LogP contribution is 2.01. The van der Waals surface area contributed by atoms with Gasteiger partial charge >= 0.3 is 5.97 Å². The maximum Gasteiger partial charge on any atom is 0.306 e. The van der Waals surface area contributed by atoms with Gasteiger partial charge in [-0.05, 0) is 13.3 Å². The third-order valence-corrected chi connectivity index (χ3v) is 3.79. The van der Waals surface area contributed by atoms with E-state index in [-0.39, 0.29) is 23.8 Å². The topological polar surface area (TPSA) is 98.5 Å². The van der Waals surface area contributed by atoms with Crippen molar-refractivity contribution in [2.75, 3.05) is 12.4 Å². The SMILES string of the molecule is CCCC(NS(=O)(=O)CCC(=O)OCC)C(N)=S. The van der Waals surface area contributed by atoms with Crippen molar-refractivity contribution in [2.45, 2.75) is 39.2 Å². The summed E-state index contributed by atoms with van der Waals surface area (Å²) in [5.41, 5.74) is 5.45. The molecule has 0 aliphatic carbocycles. The van der Waals surface area contributed by atoms with Crippen LogP contribution >= 0.6 is 12.2 Å². The van der Waals surface area contributed by atoms with E-state index in [0.717, 1.165) is 6.42 Å². The number of esters is 1. The number of carbonyl (C=O) groups excluding carboxylic acids is 1. The number of nitrogens with one attached hydrogen (secondary N) is 1. The largest absolute Gasteiger partial charge is 0.466 e. The number of nitrogens with two attached hydrogens (primary N) is 1. The smallest absolute Gasteiger partial charge is 0.306 e. The number of hydrogen-bond donors (Lipinski definition) is 2. The molecular weight excluding hydrogens is 276 g/mol. The Kier molecular flexibility index (Phi) is 8.05. The van der Waals surface area contributed by atoms with Crippen LogP contribution in [0.25, 0.3) is 0 Å². The molecule has 8 heteroatoms. The molecule has 1 unspecified atom stereocenters. The maximum atomic E-state index is 11.7. The minimum atomic E-state index is -3.58. The number of rotatable bonds is 9. The Balaban J connectivity index is 4.36. The molecule has 0 amide bonds. The molecule has 0 radical (unpaired) electrons. The predicted molar refractivity (Wildman–Crippen MR) is 73.7 cm³/mol. The summed E-state index contributed by atoms with van der Waals surface area (Å²) in [6.45, 7) is 3.80. The third-order valence-electron chi connectivity index (χ3n) is 2.12. The highest BCUT2D eigenvalue weighted by molar-refractivity contribution is 7.89. The van der Waals surface area contributed by atoms with E-state index in [4.69, 9.17) is 18.0 Å². The van der Waals surface area contributed by atoms with Gasteiger partial charge < -0.3 is 10.5 Å². The molecule has 0 aliphatic rings. The fourth-order valence-corrected chi connectivity index (χ4v) is 2.76. The van der Waals surface area contributed by atoms with Crippen molar-refractivity contribution in [2.24, 2.45) is 5.73 Å². The number of thiocarbonyl (C=S) groups is 1. The van der Waals surface area contributed by atoms with Crippen LogP contribution in [0.4, 0.5) is 0 Å². The van der Waals surface area contributed by atoms with Gasteiger partial charge in [0, 0.05) is 0 Å². The second-order valence-corrected chi connectivity index (χ2v) is 6.08. The van der Waals surface area contributed by atoms with Gasteiger partial charge in [-0.1, -0.05) is 25.6 Å². The first-order valence-electron chi connectivity index (χ1n) is 5.77. The summed E-state index contributed by atoms with van der Waals surface area (Å²) in [5.74, 6) is -0.862. The normalized spacial score (nSPS) is 13.0. The number of carbonyl (C=O) groups is 1. The summed E-state index contributed by atoms with van der Waals surface area (Å²) in [5, 5.41) is 0. The van der Waals surface area contributed by atoms with Gasteiger partial charge in [0.1, 0.15) is 0 Å². The fraction of sp³-hybridized carbons (Fsp3) is 0.800. The molecule has 1 atom stereocenters. The van der Waals surface area contributed by atoms with Gasteiger partial charge in [-0.25, -0.2) is 13.1 Å². The molecule has 3 N–H and O–H groups in total. The molecule has 18 heavy (non-hydrogen) atoms. The van der Waals surface area contributed by atoms with E-state index in [2.05, 4.69) is 9.46 Å². The van der Waals surface area contributed by atoms with E-state index in [0.29, 0.717) is 6.42 Å². The molecular formula is C10H20N2O4S2. The number of ether oxygens (including phenoxy) is 1. The number of hydrogen-bond acceptors (Lipinski definition) is 5. The van der Waals surface area contributed by atoms with Gasteiger partial charge in [0.25, 0.3) is 0 Å². The van der Waals surface area contributed by atoms with Crippen LogP contribution in [0.5, 0.6) is 0 Å². The summed E-state index contributed by atoms with van der Waals surface area (Å²) in [7, 11) is -3.58. The fourth-order valence-electron chi connectivity index (χ4n) is 1.27. The lowest BCUT2D eigenvalue weighted by atomic mass is 10.2. The van der Waals surface area contributed by atoms with E-state index in [1.165, 1.54) is 0 Å². The molecule has 6 nitrogen and oxygen atoms in total. The second kappa shape index (κ2) is 8.39. The second-order valence-electron chi connectivity index (χ2n) is 3.74. The third kappa shape index (κ3) is 7.57. The van der Waals surface area contributed by atoms with Crippen molar-refractivity contribution in [1.82, 2.24) is 4.72 Å². The van der Waals surface area contributed by atoms with Gasteiger partial charge in [0.05, 0.1) is 29.8 Å². The zero-order valence-corrected chi connectivity index (χ0v) is 12.3. The molecule has 0 saturated carbocycles.